The quantitative estimate of drug-likeness (QED) is 0.564. The van der Waals surface area contributed by atoms with Crippen LogP contribution in [0.2, 0.25) is 5.02 Å². The predicted molar refractivity (Wildman–Crippen MR) is 112 cm³/mol. The van der Waals surface area contributed by atoms with E-state index in [1.54, 1.807) is 12.1 Å². The van der Waals surface area contributed by atoms with Gasteiger partial charge in [0.2, 0.25) is 0 Å². The van der Waals surface area contributed by atoms with E-state index < -0.39 is 18.0 Å². The van der Waals surface area contributed by atoms with Crippen LogP contribution in [0.25, 0.3) is 0 Å². The van der Waals surface area contributed by atoms with Crippen molar-refractivity contribution >= 4 is 23.5 Å². The minimum absolute atomic E-state index is 0.145. The lowest BCUT2D eigenvalue weighted by molar-refractivity contribution is -0.129. The zero-order chi connectivity index (χ0) is 22.1. The molecule has 1 atom stereocenters. The summed E-state index contributed by atoms with van der Waals surface area (Å²) in [5.41, 5.74) is 1.03. The Morgan fingerprint density at radius 3 is 2.53 bits per heavy atom. The summed E-state index contributed by atoms with van der Waals surface area (Å²) in [5, 5.41) is 2.90. The third-order valence-corrected chi connectivity index (χ3v) is 4.48. The SMILES string of the molecule is CCCOc1c(Cl)cc(C(=O)OC(C)C(=O)NCCc2ccc(F)cc2)cc1OC. The lowest BCUT2D eigenvalue weighted by Gasteiger charge is -2.16. The van der Waals surface area contributed by atoms with Gasteiger partial charge in [0, 0.05) is 6.54 Å². The van der Waals surface area contributed by atoms with E-state index in [2.05, 4.69) is 5.32 Å². The second-order valence-electron chi connectivity index (χ2n) is 6.55. The minimum Gasteiger partial charge on any atom is -0.493 e. The number of halogens is 2. The summed E-state index contributed by atoms with van der Waals surface area (Å²) < 4.78 is 29.0. The zero-order valence-electron chi connectivity index (χ0n) is 17.2. The van der Waals surface area contributed by atoms with Crippen LogP contribution in [0.4, 0.5) is 4.39 Å². The van der Waals surface area contributed by atoms with Crippen LogP contribution < -0.4 is 14.8 Å². The summed E-state index contributed by atoms with van der Waals surface area (Å²) >= 11 is 6.21. The molecule has 0 saturated heterocycles. The molecule has 2 aromatic carbocycles. The monoisotopic (exact) mass is 437 g/mol. The molecule has 1 unspecified atom stereocenters. The molecule has 2 aromatic rings. The second kappa shape index (κ2) is 11.4. The van der Waals surface area contributed by atoms with Gasteiger partial charge in [-0.15, -0.1) is 0 Å². The van der Waals surface area contributed by atoms with Crippen molar-refractivity contribution in [3.63, 3.8) is 0 Å². The third-order valence-electron chi connectivity index (χ3n) is 4.19. The Balaban J connectivity index is 1.93. The Morgan fingerprint density at radius 2 is 1.90 bits per heavy atom. The van der Waals surface area contributed by atoms with Crippen molar-refractivity contribution in [2.75, 3.05) is 20.3 Å². The number of benzene rings is 2. The standard InChI is InChI=1S/C22H25ClFNO5/c1-4-11-29-20-18(23)12-16(13-19(20)28-3)22(27)30-14(2)21(26)25-10-9-15-5-7-17(24)8-6-15/h5-8,12-14H,4,9-11H2,1-3H3,(H,25,26). The first-order valence-electron chi connectivity index (χ1n) is 9.59. The highest BCUT2D eigenvalue weighted by Crippen LogP contribution is 2.36. The molecule has 0 saturated carbocycles. The summed E-state index contributed by atoms with van der Waals surface area (Å²) in [4.78, 5) is 24.6. The minimum atomic E-state index is -1.01. The van der Waals surface area contributed by atoms with Crippen molar-refractivity contribution in [3.8, 4) is 11.5 Å². The smallest absolute Gasteiger partial charge is 0.339 e. The van der Waals surface area contributed by atoms with Crippen molar-refractivity contribution in [3.05, 3.63) is 58.4 Å². The number of amides is 1. The highest BCUT2D eigenvalue weighted by Gasteiger charge is 2.21. The number of hydrogen-bond donors (Lipinski definition) is 1. The van der Waals surface area contributed by atoms with Crippen molar-refractivity contribution in [1.29, 1.82) is 0 Å². The number of hydrogen-bond acceptors (Lipinski definition) is 5. The van der Waals surface area contributed by atoms with Crippen molar-refractivity contribution in [2.45, 2.75) is 32.8 Å². The van der Waals surface area contributed by atoms with Gasteiger partial charge in [0.25, 0.3) is 5.91 Å². The Bertz CT molecular complexity index is 873. The number of esters is 1. The number of ether oxygens (including phenoxy) is 3. The maximum absolute atomic E-state index is 12.9. The first kappa shape index (κ1) is 23.5. The molecular formula is C22H25ClFNO5. The maximum atomic E-state index is 12.9. The maximum Gasteiger partial charge on any atom is 0.339 e. The first-order valence-corrected chi connectivity index (χ1v) is 9.97. The van der Waals surface area contributed by atoms with Gasteiger partial charge in [-0.2, -0.15) is 0 Å². The molecule has 0 aromatic heterocycles. The van der Waals surface area contributed by atoms with Crippen molar-refractivity contribution in [2.24, 2.45) is 0 Å². The van der Waals surface area contributed by atoms with Crippen molar-refractivity contribution < 1.29 is 28.2 Å². The fourth-order valence-electron chi connectivity index (χ4n) is 2.59. The molecule has 0 aliphatic carbocycles. The molecule has 30 heavy (non-hydrogen) atoms. The lowest BCUT2D eigenvalue weighted by Crippen LogP contribution is -2.36. The van der Waals surface area contributed by atoms with E-state index in [1.807, 2.05) is 6.92 Å². The summed E-state index contributed by atoms with van der Waals surface area (Å²) in [6.45, 7) is 4.21. The number of nitrogens with one attached hydrogen (secondary N) is 1. The molecule has 8 heteroatoms. The van der Waals surface area contributed by atoms with Gasteiger partial charge < -0.3 is 19.5 Å². The van der Waals surface area contributed by atoms with Gasteiger partial charge in [-0.25, -0.2) is 9.18 Å². The average Bonchev–Trinajstić information content (AvgIpc) is 2.73. The fraction of sp³-hybridized carbons (Fsp3) is 0.364. The van der Waals surface area contributed by atoms with Gasteiger partial charge in [0.1, 0.15) is 5.82 Å². The van der Waals surface area contributed by atoms with Gasteiger partial charge in [-0.05, 0) is 49.6 Å². The third kappa shape index (κ3) is 6.62. The summed E-state index contributed by atoms with van der Waals surface area (Å²) in [5.74, 6) is -0.807. The van der Waals surface area contributed by atoms with Crippen molar-refractivity contribution in [1.82, 2.24) is 5.32 Å². The highest BCUT2D eigenvalue weighted by molar-refractivity contribution is 6.32. The molecule has 2 rings (SSSR count). The van der Waals surface area contributed by atoms with E-state index in [9.17, 15) is 14.0 Å². The van der Waals surface area contributed by atoms with E-state index in [0.29, 0.717) is 31.1 Å². The van der Waals surface area contributed by atoms with Crippen LogP contribution in [-0.2, 0) is 16.0 Å². The molecule has 162 valence electrons. The average molecular weight is 438 g/mol. The van der Waals surface area contributed by atoms with Gasteiger partial charge in [0.05, 0.1) is 24.3 Å². The van der Waals surface area contributed by atoms with Gasteiger partial charge in [-0.3, -0.25) is 4.79 Å². The van der Waals surface area contributed by atoms with E-state index in [1.165, 1.54) is 38.3 Å². The molecule has 6 nitrogen and oxygen atoms in total. The lowest BCUT2D eigenvalue weighted by atomic mass is 10.1. The Morgan fingerprint density at radius 1 is 1.20 bits per heavy atom. The van der Waals surface area contributed by atoms with Gasteiger partial charge in [-0.1, -0.05) is 30.7 Å². The number of methoxy groups -OCH3 is 1. The summed E-state index contributed by atoms with van der Waals surface area (Å²) in [7, 11) is 1.44. The molecular weight excluding hydrogens is 413 g/mol. The Labute approximate surface area is 180 Å². The fourth-order valence-corrected chi connectivity index (χ4v) is 2.85. The van der Waals surface area contributed by atoms with E-state index >= 15 is 0 Å². The number of carbonyl (C=O) groups excluding carboxylic acids is 2. The molecule has 0 radical (unpaired) electrons. The molecule has 1 N–H and O–H groups in total. The Hall–Kier alpha value is -2.80. The molecule has 0 fully saturated rings. The molecule has 0 heterocycles. The molecule has 0 spiro atoms. The molecule has 0 bridgehead atoms. The van der Waals surface area contributed by atoms with Crippen LogP contribution in [-0.4, -0.2) is 38.2 Å². The normalized spacial score (nSPS) is 11.5. The summed E-state index contributed by atoms with van der Waals surface area (Å²) in [6, 6.07) is 8.89. The van der Waals surface area contributed by atoms with Crippen LogP contribution in [0.3, 0.4) is 0 Å². The van der Waals surface area contributed by atoms with Crippen LogP contribution >= 0.6 is 11.6 Å². The van der Waals surface area contributed by atoms with Gasteiger partial charge >= 0.3 is 5.97 Å². The van der Waals surface area contributed by atoms with E-state index in [0.717, 1.165) is 12.0 Å². The topological polar surface area (TPSA) is 73.9 Å². The summed E-state index contributed by atoms with van der Waals surface area (Å²) in [6.07, 6.45) is 0.307. The van der Waals surface area contributed by atoms with Crippen LogP contribution in [0.1, 0.15) is 36.2 Å². The number of carbonyl (C=O) groups is 2. The second-order valence-corrected chi connectivity index (χ2v) is 6.96. The van der Waals surface area contributed by atoms with Crippen LogP contribution in [0.5, 0.6) is 11.5 Å². The molecule has 1 amide bonds. The first-order chi connectivity index (χ1) is 14.3. The zero-order valence-corrected chi connectivity index (χ0v) is 17.9. The largest absolute Gasteiger partial charge is 0.493 e. The van der Waals surface area contributed by atoms with Crippen LogP contribution in [0, 0.1) is 5.82 Å². The predicted octanol–water partition coefficient (Wildman–Crippen LogP) is 4.18. The van der Waals surface area contributed by atoms with E-state index in [4.69, 9.17) is 25.8 Å². The molecule has 0 aliphatic heterocycles. The van der Waals surface area contributed by atoms with E-state index in [-0.39, 0.29) is 16.4 Å². The molecule has 0 aliphatic rings. The van der Waals surface area contributed by atoms with Crippen LogP contribution in [0.15, 0.2) is 36.4 Å². The Kier molecular flexibility index (Phi) is 8.92. The number of rotatable bonds is 10. The van der Waals surface area contributed by atoms with Gasteiger partial charge in [0.15, 0.2) is 17.6 Å². The highest BCUT2D eigenvalue weighted by atomic mass is 35.5.